The van der Waals surface area contributed by atoms with Crippen LogP contribution in [-0.4, -0.2) is 0 Å². The lowest BCUT2D eigenvalue weighted by molar-refractivity contribution is 0.777. The lowest BCUT2D eigenvalue weighted by atomic mass is 9.89. The molecule has 1 unspecified atom stereocenters. The fraction of sp³-hybridized carbons (Fsp3) is 0.200. The Bertz CT molecular complexity index is 448. The molecule has 2 aromatic rings. The van der Waals surface area contributed by atoms with Crippen molar-refractivity contribution in [3.8, 4) is 0 Å². The summed E-state index contributed by atoms with van der Waals surface area (Å²) in [7, 11) is 0. The molecule has 1 heteroatoms. The van der Waals surface area contributed by atoms with Gasteiger partial charge >= 0.3 is 0 Å². The highest BCUT2D eigenvalue weighted by molar-refractivity contribution is 6.30. The molecule has 0 spiro atoms. The van der Waals surface area contributed by atoms with Gasteiger partial charge in [0, 0.05) is 10.9 Å². The topological polar surface area (TPSA) is 0 Å². The van der Waals surface area contributed by atoms with Crippen molar-refractivity contribution in [2.45, 2.75) is 19.3 Å². The zero-order chi connectivity index (χ0) is 11.4. The molecule has 2 rings (SSSR count). The van der Waals surface area contributed by atoms with Crippen LogP contribution in [0.15, 0.2) is 54.6 Å². The van der Waals surface area contributed by atoms with Gasteiger partial charge in [0.15, 0.2) is 0 Å². The van der Waals surface area contributed by atoms with Crippen LogP contribution in [0.5, 0.6) is 0 Å². The van der Waals surface area contributed by atoms with E-state index in [1.165, 1.54) is 11.1 Å². The average molecular weight is 231 g/mol. The average Bonchev–Trinajstić information content (AvgIpc) is 2.31. The van der Waals surface area contributed by atoms with Crippen LogP contribution < -0.4 is 0 Å². The Balaban J connectivity index is 2.37. The quantitative estimate of drug-likeness (QED) is 0.705. The molecule has 0 radical (unpaired) electrons. The molecular weight excluding hydrogens is 216 g/mol. The molecule has 0 saturated carbocycles. The van der Waals surface area contributed by atoms with Crippen molar-refractivity contribution >= 4 is 11.6 Å². The van der Waals surface area contributed by atoms with E-state index in [4.69, 9.17) is 11.6 Å². The Morgan fingerprint density at radius 3 is 2.25 bits per heavy atom. The van der Waals surface area contributed by atoms with Crippen molar-refractivity contribution in [1.82, 2.24) is 0 Å². The molecule has 0 bridgehead atoms. The molecular formula is C15H15Cl. The smallest absolute Gasteiger partial charge is 0.0408 e. The standard InChI is InChI=1S/C15H15Cl/c1-2-15(12-7-4-3-5-8-12)13-9-6-10-14(16)11-13/h3-11,15H,2H2,1H3. The maximum atomic E-state index is 6.03. The van der Waals surface area contributed by atoms with Gasteiger partial charge in [0.1, 0.15) is 0 Å². The van der Waals surface area contributed by atoms with Gasteiger partial charge < -0.3 is 0 Å². The van der Waals surface area contributed by atoms with Gasteiger partial charge in [-0.25, -0.2) is 0 Å². The summed E-state index contributed by atoms with van der Waals surface area (Å²) in [6.45, 7) is 2.21. The maximum Gasteiger partial charge on any atom is 0.0408 e. The molecule has 0 amide bonds. The minimum atomic E-state index is 0.444. The van der Waals surface area contributed by atoms with Crippen LogP contribution in [0.3, 0.4) is 0 Å². The predicted molar refractivity (Wildman–Crippen MR) is 70.0 cm³/mol. The van der Waals surface area contributed by atoms with Gasteiger partial charge in [-0.2, -0.15) is 0 Å². The lowest BCUT2D eigenvalue weighted by Gasteiger charge is -2.16. The Hall–Kier alpha value is -1.27. The van der Waals surface area contributed by atoms with Gasteiger partial charge in [-0.1, -0.05) is 61.0 Å². The van der Waals surface area contributed by atoms with E-state index in [2.05, 4.69) is 43.3 Å². The van der Waals surface area contributed by atoms with Gasteiger partial charge in [-0.05, 0) is 29.7 Å². The van der Waals surface area contributed by atoms with E-state index in [0.717, 1.165) is 11.4 Å². The van der Waals surface area contributed by atoms with Gasteiger partial charge in [0.25, 0.3) is 0 Å². The van der Waals surface area contributed by atoms with Crippen molar-refractivity contribution in [3.05, 3.63) is 70.7 Å². The number of halogens is 1. The Morgan fingerprint density at radius 1 is 0.938 bits per heavy atom. The van der Waals surface area contributed by atoms with E-state index >= 15 is 0 Å². The zero-order valence-electron chi connectivity index (χ0n) is 9.36. The highest BCUT2D eigenvalue weighted by Crippen LogP contribution is 2.28. The summed E-state index contributed by atoms with van der Waals surface area (Å²) in [6.07, 6.45) is 1.09. The number of hydrogen-bond donors (Lipinski definition) is 0. The highest BCUT2D eigenvalue weighted by Gasteiger charge is 2.11. The molecule has 0 N–H and O–H groups in total. The first kappa shape index (κ1) is 11.2. The van der Waals surface area contributed by atoms with Crippen LogP contribution in [0.25, 0.3) is 0 Å². The third kappa shape index (κ3) is 2.45. The lowest BCUT2D eigenvalue weighted by Crippen LogP contribution is -1.99. The van der Waals surface area contributed by atoms with E-state index in [0.29, 0.717) is 5.92 Å². The van der Waals surface area contributed by atoms with E-state index in [1.54, 1.807) is 0 Å². The van der Waals surface area contributed by atoms with Crippen LogP contribution >= 0.6 is 11.6 Å². The summed E-state index contributed by atoms with van der Waals surface area (Å²) in [5, 5.41) is 0.812. The molecule has 16 heavy (non-hydrogen) atoms. The molecule has 0 aliphatic carbocycles. The minimum Gasteiger partial charge on any atom is -0.0843 e. The number of hydrogen-bond acceptors (Lipinski definition) is 0. The second-order valence-corrected chi connectivity index (χ2v) is 4.36. The number of rotatable bonds is 3. The van der Waals surface area contributed by atoms with Gasteiger partial charge in [-0.15, -0.1) is 0 Å². The van der Waals surface area contributed by atoms with E-state index in [-0.39, 0.29) is 0 Å². The molecule has 0 fully saturated rings. The van der Waals surface area contributed by atoms with Crippen molar-refractivity contribution in [3.63, 3.8) is 0 Å². The fourth-order valence-electron chi connectivity index (χ4n) is 2.07. The first-order chi connectivity index (χ1) is 7.81. The Labute approximate surface area is 102 Å². The van der Waals surface area contributed by atoms with Crippen LogP contribution in [0, 0.1) is 0 Å². The second-order valence-electron chi connectivity index (χ2n) is 3.93. The Morgan fingerprint density at radius 2 is 1.62 bits per heavy atom. The third-order valence-electron chi connectivity index (χ3n) is 2.86. The molecule has 0 aliphatic rings. The molecule has 0 nitrogen and oxygen atoms in total. The summed E-state index contributed by atoms with van der Waals surface area (Å²) in [5.74, 6) is 0.444. The Kier molecular flexibility index (Phi) is 3.63. The van der Waals surface area contributed by atoms with E-state index in [1.807, 2.05) is 18.2 Å². The summed E-state index contributed by atoms with van der Waals surface area (Å²) in [4.78, 5) is 0. The monoisotopic (exact) mass is 230 g/mol. The normalized spacial score (nSPS) is 12.4. The number of benzene rings is 2. The summed E-state index contributed by atoms with van der Waals surface area (Å²) in [5.41, 5.74) is 2.65. The highest BCUT2D eigenvalue weighted by atomic mass is 35.5. The SMILES string of the molecule is CCC(c1ccccc1)c1cccc(Cl)c1. The second kappa shape index (κ2) is 5.18. The minimum absolute atomic E-state index is 0.444. The summed E-state index contributed by atoms with van der Waals surface area (Å²) < 4.78 is 0. The van der Waals surface area contributed by atoms with Crippen molar-refractivity contribution in [1.29, 1.82) is 0 Å². The molecule has 0 aliphatic heterocycles. The van der Waals surface area contributed by atoms with Crippen molar-refractivity contribution in [2.24, 2.45) is 0 Å². The van der Waals surface area contributed by atoms with E-state index in [9.17, 15) is 0 Å². The van der Waals surface area contributed by atoms with E-state index < -0.39 is 0 Å². The molecule has 1 atom stereocenters. The fourth-order valence-corrected chi connectivity index (χ4v) is 2.27. The van der Waals surface area contributed by atoms with Gasteiger partial charge in [-0.3, -0.25) is 0 Å². The van der Waals surface area contributed by atoms with Gasteiger partial charge in [0.05, 0.1) is 0 Å². The first-order valence-electron chi connectivity index (χ1n) is 5.61. The molecule has 0 saturated heterocycles. The molecule has 82 valence electrons. The van der Waals surface area contributed by atoms with Crippen LogP contribution in [0.4, 0.5) is 0 Å². The van der Waals surface area contributed by atoms with Crippen LogP contribution in [0.2, 0.25) is 5.02 Å². The zero-order valence-corrected chi connectivity index (χ0v) is 10.1. The maximum absolute atomic E-state index is 6.03. The third-order valence-corrected chi connectivity index (χ3v) is 3.10. The van der Waals surface area contributed by atoms with Gasteiger partial charge in [0.2, 0.25) is 0 Å². The summed E-state index contributed by atoms with van der Waals surface area (Å²) >= 11 is 6.03. The molecule has 2 aromatic carbocycles. The predicted octanol–water partition coefficient (Wildman–Crippen LogP) is 4.88. The molecule has 0 heterocycles. The first-order valence-corrected chi connectivity index (χ1v) is 5.99. The van der Waals surface area contributed by atoms with Crippen LogP contribution in [0.1, 0.15) is 30.4 Å². The molecule has 0 aromatic heterocycles. The van der Waals surface area contributed by atoms with Crippen LogP contribution in [-0.2, 0) is 0 Å². The largest absolute Gasteiger partial charge is 0.0843 e. The van der Waals surface area contributed by atoms with Crippen molar-refractivity contribution in [2.75, 3.05) is 0 Å². The van der Waals surface area contributed by atoms with Crippen molar-refractivity contribution < 1.29 is 0 Å². The summed E-state index contributed by atoms with van der Waals surface area (Å²) in [6, 6.07) is 18.7.